The Kier molecular flexibility index (Phi) is 4.73. The first kappa shape index (κ1) is 18.0. The summed E-state index contributed by atoms with van der Waals surface area (Å²) in [6, 6.07) is 11.4. The number of hydrogen-bond acceptors (Lipinski definition) is 4. The van der Waals surface area contributed by atoms with Crippen molar-refractivity contribution in [2.45, 2.75) is 26.3 Å². The highest BCUT2D eigenvalue weighted by Gasteiger charge is 2.21. The van der Waals surface area contributed by atoms with Gasteiger partial charge in [0.25, 0.3) is 5.91 Å². The number of fused-ring (bicyclic) bond motifs is 1. The van der Waals surface area contributed by atoms with Gasteiger partial charge in [0.1, 0.15) is 5.82 Å². The van der Waals surface area contributed by atoms with Crippen LogP contribution in [0.5, 0.6) is 11.5 Å². The maximum atomic E-state index is 13.2. The molecule has 1 unspecified atom stereocenters. The average Bonchev–Trinajstić information content (AvgIpc) is 3.34. The molecule has 1 N–H and O–H groups in total. The smallest absolute Gasteiger partial charge is 0.255 e. The lowest BCUT2D eigenvalue weighted by Crippen LogP contribution is -2.27. The third kappa shape index (κ3) is 3.31. The first-order valence-electron chi connectivity index (χ1n) is 9.10. The summed E-state index contributed by atoms with van der Waals surface area (Å²) < 4.78 is 25.6. The molecule has 1 aliphatic heterocycles. The number of benzene rings is 2. The van der Waals surface area contributed by atoms with Crippen LogP contribution in [0, 0.1) is 5.82 Å². The van der Waals surface area contributed by atoms with Crippen molar-refractivity contribution in [1.29, 1.82) is 0 Å². The first-order chi connectivity index (χ1) is 13.6. The van der Waals surface area contributed by atoms with Gasteiger partial charge in [-0.2, -0.15) is 5.10 Å². The molecule has 7 heteroatoms. The molecule has 6 nitrogen and oxygen atoms in total. The standard InChI is InChI=1S/C21H20FN3O3/c1-3-18-17(11-23-25(18)16-7-5-15(22)6-8-16)21(26)24-13(2)14-4-9-19-20(10-14)28-12-27-19/h4-11,13H,3,12H2,1-2H3,(H,24,26). The molecule has 0 saturated carbocycles. The van der Waals surface area contributed by atoms with Crippen LogP contribution in [0.15, 0.2) is 48.7 Å². The van der Waals surface area contributed by atoms with Gasteiger partial charge < -0.3 is 14.8 Å². The zero-order valence-corrected chi connectivity index (χ0v) is 15.6. The quantitative estimate of drug-likeness (QED) is 0.730. The van der Waals surface area contributed by atoms with Crippen LogP contribution in [0.2, 0.25) is 0 Å². The zero-order chi connectivity index (χ0) is 19.7. The minimum absolute atomic E-state index is 0.210. The molecule has 0 saturated heterocycles. The van der Waals surface area contributed by atoms with E-state index in [9.17, 15) is 9.18 Å². The summed E-state index contributed by atoms with van der Waals surface area (Å²) in [7, 11) is 0. The predicted molar refractivity (Wildman–Crippen MR) is 101 cm³/mol. The van der Waals surface area contributed by atoms with Gasteiger partial charge >= 0.3 is 0 Å². The summed E-state index contributed by atoms with van der Waals surface area (Å²) >= 11 is 0. The Balaban J connectivity index is 1.55. The molecule has 1 aliphatic rings. The van der Waals surface area contributed by atoms with Crippen LogP contribution in [0.25, 0.3) is 5.69 Å². The lowest BCUT2D eigenvalue weighted by molar-refractivity contribution is 0.0939. The van der Waals surface area contributed by atoms with Crippen LogP contribution in [-0.4, -0.2) is 22.5 Å². The Morgan fingerprint density at radius 2 is 1.96 bits per heavy atom. The number of rotatable bonds is 5. The van der Waals surface area contributed by atoms with E-state index in [1.54, 1.807) is 23.0 Å². The molecule has 28 heavy (non-hydrogen) atoms. The van der Waals surface area contributed by atoms with Gasteiger partial charge in [0.15, 0.2) is 11.5 Å². The lowest BCUT2D eigenvalue weighted by atomic mass is 10.1. The van der Waals surface area contributed by atoms with Gasteiger partial charge in [-0.05, 0) is 55.3 Å². The summed E-state index contributed by atoms with van der Waals surface area (Å²) in [6.07, 6.45) is 2.16. The van der Waals surface area contributed by atoms with E-state index in [1.807, 2.05) is 32.0 Å². The van der Waals surface area contributed by atoms with Crippen LogP contribution in [0.1, 0.15) is 41.5 Å². The van der Waals surface area contributed by atoms with Crippen molar-refractivity contribution in [1.82, 2.24) is 15.1 Å². The van der Waals surface area contributed by atoms with Gasteiger partial charge in [-0.1, -0.05) is 13.0 Å². The Morgan fingerprint density at radius 1 is 1.21 bits per heavy atom. The van der Waals surface area contributed by atoms with E-state index in [-0.39, 0.29) is 24.6 Å². The minimum Gasteiger partial charge on any atom is -0.454 e. The van der Waals surface area contributed by atoms with Crippen molar-refractivity contribution in [3.8, 4) is 17.2 Å². The molecule has 0 aliphatic carbocycles. The number of carbonyl (C=O) groups excluding carboxylic acids is 1. The predicted octanol–water partition coefficient (Wildman–Crippen LogP) is 3.79. The van der Waals surface area contributed by atoms with Gasteiger partial charge in [0, 0.05) is 0 Å². The minimum atomic E-state index is -0.315. The van der Waals surface area contributed by atoms with Gasteiger partial charge in [0.2, 0.25) is 6.79 Å². The van der Waals surface area contributed by atoms with Crippen LogP contribution >= 0.6 is 0 Å². The summed E-state index contributed by atoms with van der Waals surface area (Å²) in [5.74, 6) is 0.855. The average molecular weight is 381 g/mol. The molecule has 0 radical (unpaired) electrons. The third-order valence-corrected chi connectivity index (χ3v) is 4.76. The number of ether oxygens (including phenoxy) is 2. The molecule has 144 valence electrons. The number of hydrogen-bond donors (Lipinski definition) is 1. The van der Waals surface area contributed by atoms with E-state index in [1.165, 1.54) is 12.1 Å². The molecule has 1 amide bonds. The Labute approximate surface area is 161 Å². The number of aromatic nitrogens is 2. The van der Waals surface area contributed by atoms with E-state index in [2.05, 4.69) is 10.4 Å². The molecule has 4 rings (SSSR count). The van der Waals surface area contributed by atoms with Crippen molar-refractivity contribution >= 4 is 5.91 Å². The monoisotopic (exact) mass is 381 g/mol. The summed E-state index contributed by atoms with van der Waals surface area (Å²) in [6.45, 7) is 4.07. The van der Waals surface area contributed by atoms with E-state index in [0.29, 0.717) is 29.2 Å². The van der Waals surface area contributed by atoms with Crippen molar-refractivity contribution < 1.29 is 18.7 Å². The molecule has 0 bridgehead atoms. The molecule has 3 aromatic rings. The normalized spacial score (nSPS) is 13.4. The van der Waals surface area contributed by atoms with E-state index in [0.717, 1.165) is 11.3 Å². The number of nitrogens with one attached hydrogen (secondary N) is 1. The van der Waals surface area contributed by atoms with Crippen LogP contribution < -0.4 is 14.8 Å². The van der Waals surface area contributed by atoms with Gasteiger partial charge in [-0.15, -0.1) is 0 Å². The summed E-state index contributed by atoms with van der Waals surface area (Å²) in [4.78, 5) is 12.9. The Bertz CT molecular complexity index is 1010. The highest BCUT2D eigenvalue weighted by molar-refractivity contribution is 5.95. The van der Waals surface area contributed by atoms with Crippen molar-refractivity contribution in [3.05, 3.63) is 71.3 Å². The van der Waals surface area contributed by atoms with Crippen molar-refractivity contribution in [3.63, 3.8) is 0 Å². The SMILES string of the molecule is CCc1c(C(=O)NC(C)c2ccc3c(c2)OCO3)cnn1-c1ccc(F)cc1. The second-order valence-electron chi connectivity index (χ2n) is 6.55. The van der Waals surface area contributed by atoms with Gasteiger partial charge in [0.05, 0.1) is 29.2 Å². The largest absolute Gasteiger partial charge is 0.454 e. The second-order valence-corrected chi connectivity index (χ2v) is 6.55. The molecule has 1 atom stereocenters. The first-order valence-corrected chi connectivity index (χ1v) is 9.10. The maximum Gasteiger partial charge on any atom is 0.255 e. The fraction of sp³-hybridized carbons (Fsp3) is 0.238. The number of amides is 1. The molecule has 0 spiro atoms. The molecular formula is C21H20FN3O3. The van der Waals surface area contributed by atoms with Crippen LogP contribution in [0.3, 0.4) is 0 Å². The molecule has 2 heterocycles. The summed E-state index contributed by atoms with van der Waals surface area (Å²) in [5, 5.41) is 7.34. The molecule has 2 aromatic carbocycles. The van der Waals surface area contributed by atoms with E-state index < -0.39 is 0 Å². The fourth-order valence-electron chi connectivity index (χ4n) is 3.25. The zero-order valence-electron chi connectivity index (χ0n) is 15.6. The summed E-state index contributed by atoms with van der Waals surface area (Å²) in [5.41, 5.74) is 2.89. The lowest BCUT2D eigenvalue weighted by Gasteiger charge is -2.15. The third-order valence-electron chi connectivity index (χ3n) is 4.76. The van der Waals surface area contributed by atoms with Crippen LogP contribution in [0.4, 0.5) is 4.39 Å². The number of carbonyl (C=O) groups is 1. The highest BCUT2D eigenvalue weighted by Crippen LogP contribution is 2.34. The van der Waals surface area contributed by atoms with Crippen LogP contribution in [-0.2, 0) is 6.42 Å². The topological polar surface area (TPSA) is 65.4 Å². The highest BCUT2D eigenvalue weighted by atomic mass is 19.1. The maximum absolute atomic E-state index is 13.2. The number of nitrogens with zero attached hydrogens (tertiary/aromatic N) is 2. The molecule has 0 fully saturated rings. The molecule has 1 aromatic heterocycles. The van der Waals surface area contributed by atoms with Gasteiger partial charge in [-0.25, -0.2) is 9.07 Å². The Hall–Kier alpha value is -3.35. The van der Waals surface area contributed by atoms with Crippen molar-refractivity contribution in [2.75, 3.05) is 6.79 Å². The van der Waals surface area contributed by atoms with E-state index >= 15 is 0 Å². The number of halogens is 1. The van der Waals surface area contributed by atoms with E-state index in [4.69, 9.17) is 9.47 Å². The Morgan fingerprint density at radius 3 is 2.71 bits per heavy atom. The molecular weight excluding hydrogens is 361 g/mol. The fourth-order valence-corrected chi connectivity index (χ4v) is 3.25. The second kappa shape index (κ2) is 7.34. The van der Waals surface area contributed by atoms with Crippen molar-refractivity contribution in [2.24, 2.45) is 0 Å². The van der Waals surface area contributed by atoms with Gasteiger partial charge in [-0.3, -0.25) is 4.79 Å².